The van der Waals surface area contributed by atoms with Gasteiger partial charge in [0.1, 0.15) is 5.82 Å². The fourth-order valence-electron chi connectivity index (χ4n) is 3.69. The van der Waals surface area contributed by atoms with Crippen molar-refractivity contribution in [2.24, 2.45) is 5.92 Å². The Morgan fingerprint density at radius 1 is 1.29 bits per heavy atom. The number of piperidine rings is 2. The molecule has 2 saturated heterocycles. The van der Waals surface area contributed by atoms with Crippen LogP contribution in [0.5, 0.6) is 0 Å². The number of anilines is 1. The number of carboxylic acids is 1. The van der Waals surface area contributed by atoms with Gasteiger partial charge in [0.15, 0.2) is 0 Å². The van der Waals surface area contributed by atoms with Crippen LogP contribution >= 0.6 is 11.6 Å². The molecule has 152 valence electrons. The number of hydrogen-bond acceptors (Lipinski definition) is 6. The van der Waals surface area contributed by atoms with Crippen molar-refractivity contribution >= 4 is 35.3 Å². The van der Waals surface area contributed by atoms with E-state index < -0.39 is 11.9 Å². The van der Waals surface area contributed by atoms with Crippen LogP contribution < -0.4 is 4.90 Å². The Kier molecular flexibility index (Phi) is 6.39. The van der Waals surface area contributed by atoms with Gasteiger partial charge in [0, 0.05) is 26.1 Å². The number of carboxylic acid groups (broad SMARTS) is 1. The van der Waals surface area contributed by atoms with Crippen molar-refractivity contribution < 1.29 is 24.2 Å². The Balaban J connectivity index is 1.88. The number of ether oxygens (including phenoxy) is 1. The summed E-state index contributed by atoms with van der Waals surface area (Å²) in [6.07, 6.45) is 3.30. The Hall–Kier alpha value is -2.35. The quantitative estimate of drug-likeness (QED) is 0.745. The number of esters is 1. The van der Waals surface area contributed by atoms with E-state index in [1.54, 1.807) is 4.90 Å². The Labute approximate surface area is 168 Å². The summed E-state index contributed by atoms with van der Waals surface area (Å²) in [6, 6.07) is 1.53. The minimum Gasteiger partial charge on any atom is -0.481 e. The highest BCUT2D eigenvalue weighted by atomic mass is 35.5. The number of halogens is 1. The van der Waals surface area contributed by atoms with Crippen LogP contribution in [0.4, 0.5) is 5.82 Å². The molecule has 0 unspecified atom stereocenters. The third-order valence-corrected chi connectivity index (χ3v) is 5.63. The van der Waals surface area contributed by atoms with Crippen LogP contribution in [0.1, 0.15) is 48.2 Å². The highest BCUT2D eigenvalue weighted by molar-refractivity contribution is 6.33. The first-order valence-corrected chi connectivity index (χ1v) is 9.81. The van der Waals surface area contributed by atoms with Crippen molar-refractivity contribution in [2.45, 2.75) is 38.6 Å². The summed E-state index contributed by atoms with van der Waals surface area (Å²) in [5, 5.41) is 9.48. The third-order valence-electron chi connectivity index (χ3n) is 5.35. The molecule has 1 aromatic rings. The standard InChI is InChI=1S/C19H24ClN3O5/c1-28-19(27)13-10-14(20)17(22-8-5-12(6-9-22)18(25)26)21-15(13)11-23-7-3-2-4-16(23)24/h10,12H,2-9,11H2,1H3,(H,25,26). The van der Waals surface area contributed by atoms with E-state index >= 15 is 0 Å². The number of amides is 1. The van der Waals surface area contributed by atoms with E-state index in [4.69, 9.17) is 16.3 Å². The topological polar surface area (TPSA) is 100 Å². The first-order valence-electron chi connectivity index (χ1n) is 9.44. The van der Waals surface area contributed by atoms with Gasteiger partial charge in [0.2, 0.25) is 5.91 Å². The molecular weight excluding hydrogens is 386 g/mol. The summed E-state index contributed by atoms with van der Waals surface area (Å²) in [5.41, 5.74) is 0.692. The van der Waals surface area contributed by atoms with Crippen molar-refractivity contribution in [1.82, 2.24) is 9.88 Å². The zero-order chi connectivity index (χ0) is 20.3. The van der Waals surface area contributed by atoms with Gasteiger partial charge in [-0.15, -0.1) is 0 Å². The van der Waals surface area contributed by atoms with Crippen LogP contribution in [0.2, 0.25) is 5.02 Å². The van der Waals surface area contributed by atoms with Gasteiger partial charge in [-0.1, -0.05) is 11.6 Å². The SMILES string of the molecule is COC(=O)c1cc(Cl)c(N2CCC(C(=O)O)CC2)nc1CN1CCCCC1=O. The summed E-state index contributed by atoms with van der Waals surface area (Å²) < 4.78 is 4.85. The molecule has 2 aliphatic heterocycles. The van der Waals surface area contributed by atoms with E-state index in [1.165, 1.54) is 13.2 Å². The van der Waals surface area contributed by atoms with Crippen LogP contribution in [0.25, 0.3) is 0 Å². The van der Waals surface area contributed by atoms with Gasteiger partial charge in [0.05, 0.1) is 35.9 Å². The summed E-state index contributed by atoms with van der Waals surface area (Å²) in [5.74, 6) is -1.15. The van der Waals surface area contributed by atoms with E-state index in [2.05, 4.69) is 4.98 Å². The van der Waals surface area contributed by atoms with Crippen molar-refractivity contribution in [1.29, 1.82) is 0 Å². The molecule has 2 aliphatic rings. The lowest BCUT2D eigenvalue weighted by atomic mass is 9.97. The fourth-order valence-corrected chi connectivity index (χ4v) is 3.96. The van der Waals surface area contributed by atoms with Crippen LogP contribution in [-0.2, 0) is 20.9 Å². The van der Waals surface area contributed by atoms with E-state index in [0.29, 0.717) is 55.4 Å². The molecule has 0 spiro atoms. The lowest BCUT2D eigenvalue weighted by molar-refractivity contribution is -0.142. The average Bonchev–Trinajstić information content (AvgIpc) is 2.70. The number of likely N-dealkylation sites (tertiary alicyclic amines) is 1. The molecule has 8 nitrogen and oxygen atoms in total. The molecule has 0 saturated carbocycles. The summed E-state index contributed by atoms with van der Waals surface area (Å²) in [7, 11) is 1.29. The number of pyridine rings is 1. The molecule has 0 atom stereocenters. The monoisotopic (exact) mass is 409 g/mol. The molecule has 1 aromatic heterocycles. The number of methoxy groups -OCH3 is 1. The number of aliphatic carboxylic acids is 1. The van der Waals surface area contributed by atoms with Gasteiger partial charge in [-0.3, -0.25) is 9.59 Å². The first kappa shape index (κ1) is 20.4. The predicted molar refractivity (Wildman–Crippen MR) is 102 cm³/mol. The molecule has 0 radical (unpaired) electrons. The van der Waals surface area contributed by atoms with Gasteiger partial charge in [-0.25, -0.2) is 9.78 Å². The average molecular weight is 410 g/mol. The fraction of sp³-hybridized carbons (Fsp3) is 0.579. The molecule has 0 aromatic carbocycles. The molecule has 2 fully saturated rings. The number of rotatable bonds is 5. The van der Waals surface area contributed by atoms with Gasteiger partial charge in [0.25, 0.3) is 0 Å². The molecule has 1 N–H and O–H groups in total. The normalized spacial score (nSPS) is 18.3. The van der Waals surface area contributed by atoms with Gasteiger partial charge in [-0.2, -0.15) is 0 Å². The first-order chi connectivity index (χ1) is 13.4. The number of aromatic nitrogens is 1. The second-order valence-electron chi connectivity index (χ2n) is 7.15. The zero-order valence-electron chi connectivity index (χ0n) is 15.8. The number of carbonyl (C=O) groups excluding carboxylic acids is 2. The number of hydrogen-bond donors (Lipinski definition) is 1. The number of nitrogens with zero attached hydrogens (tertiary/aromatic N) is 3. The van der Waals surface area contributed by atoms with Crippen LogP contribution in [-0.4, -0.2) is 59.6 Å². The van der Waals surface area contributed by atoms with E-state index in [-0.39, 0.29) is 23.9 Å². The van der Waals surface area contributed by atoms with Gasteiger partial charge < -0.3 is 19.6 Å². The molecule has 9 heteroatoms. The van der Waals surface area contributed by atoms with Crippen molar-refractivity contribution in [3.05, 3.63) is 22.3 Å². The minimum absolute atomic E-state index is 0.0441. The van der Waals surface area contributed by atoms with E-state index in [0.717, 1.165) is 12.8 Å². The molecular formula is C19H24ClN3O5. The molecule has 3 heterocycles. The Morgan fingerprint density at radius 3 is 2.61 bits per heavy atom. The smallest absolute Gasteiger partial charge is 0.339 e. The van der Waals surface area contributed by atoms with Crippen molar-refractivity contribution in [2.75, 3.05) is 31.6 Å². The van der Waals surface area contributed by atoms with Crippen LogP contribution in [0, 0.1) is 5.92 Å². The minimum atomic E-state index is -0.788. The summed E-state index contributed by atoms with van der Waals surface area (Å²) in [4.78, 5) is 43.8. The largest absolute Gasteiger partial charge is 0.481 e. The molecule has 3 rings (SSSR count). The van der Waals surface area contributed by atoms with Crippen LogP contribution in [0.3, 0.4) is 0 Å². The maximum atomic E-state index is 12.2. The second-order valence-corrected chi connectivity index (χ2v) is 7.56. The number of carbonyl (C=O) groups is 3. The summed E-state index contributed by atoms with van der Waals surface area (Å²) in [6.45, 7) is 1.88. The Morgan fingerprint density at radius 2 is 2.00 bits per heavy atom. The maximum Gasteiger partial charge on any atom is 0.339 e. The lowest BCUT2D eigenvalue weighted by Crippen LogP contribution is -2.38. The molecule has 28 heavy (non-hydrogen) atoms. The van der Waals surface area contributed by atoms with Crippen molar-refractivity contribution in [3.63, 3.8) is 0 Å². The lowest BCUT2D eigenvalue weighted by Gasteiger charge is -2.32. The van der Waals surface area contributed by atoms with Gasteiger partial charge in [-0.05, 0) is 31.7 Å². The highest BCUT2D eigenvalue weighted by Gasteiger charge is 2.28. The molecule has 1 amide bonds. The predicted octanol–water partition coefficient (Wildman–Crippen LogP) is 2.34. The zero-order valence-corrected chi connectivity index (χ0v) is 16.6. The van der Waals surface area contributed by atoms with E-state index in [9.17, 15) is 19.5 Å². The van der Waals surface area contributed by atoms with E-state index in [1.807, 2.05) is 4.90 Å². The molecule has 0 aliphatic carbocycles. The van der Waals surface area contributed by atoms with Crippen molar-refractivity contribution in [3.8, 4) is 0 Å². The summed E-state index contributed by atoms with van der Waals surface area (Å²) >= 11 is 6.40. The maximum absolute atomic E-state index is 12.2. The second kappa shape index (κ2) is 8.77. The molecule has 0 bridgehead atoms. The third kappa shape index (κ3) is 4.38. The highest BCUT2D eigenvalue weighted by Crippen LogP contribution is 2.31. The van der Waals surface area contributed by atoms with Gasteiger partial charge >= 0.3 is 11.9 Å². The Bertz CT molecular complexity index is 777. The van der Waals surface area contributed by atoms with Crippen LogP contribution in [0.15, 0.2) is 6.07 Å².